The maximum Gasteiger partial charge on any atom is 0.410 e. The van der Waals surface area contributed by atoms with Crippen LogP contribution in [0.3, 0.4) is 0 Å². The van der Waals surface area contributed by atoms with E-state index >= 15 is 4.39 Å². The fraction of sp³-hybridized carbons (Fsp3) is 0.462. The van der Waals surface area contributed by atoms with Crippen LogP contribution >= 0.6 is 11.3 Å². The average molecular weight is 511 g/mol. The van der Waals surface area contributed by atoms with Crippen LogP contribution in [0.4, 0.5) is 14.3 Å². The molecule has 0 N–H and O–H groups in total. The molecule has 8 nitrogen and oxygen atoms in total. The number of benzene rings is 1. The Kier molecular flexibility index (Phi) is 6.10. The molecule has 0 unspecified atom stereocenters. The molecular weight excluding hydrogens is 479 g/mol. The smallest absolute Gasteiger partial charge is 0.410 e. The Morgan fingerprint density at radius 1 is 1.17 bits per heavy atom. The maximum atomic E-state index is 15.2. The minimum Gasteiger partial charge on any atom is -0.444 e. The molecule has 1 fully saturated rings. The highest BCUT2D eigenvalue weighted by molar-refractivity contribution is 7.22. The zero-order chi connectivity index (χ0) is 25.8. The molecule has 0 atom stereocenters. The third kappa shape index (κ3) is 4.74. The van der Waals surface area contributed by atoms with Gasteiger partial charge in [-0.05, 0) is 71.2 Å². The fourth-order valence-electron chi connectivity index (χ4n) is 4.58. The number of halogens is 1. The molecule has 1 saturated heterocycles. The van der Waals surface area contributed by atoms with Gasteiger partial charge in [0, 0.05) is 31.7 Å². The van der Waals surface area contributed by atoms with E-state index in [-0.39, 0.29) is 18.0 Å². The number of carbonyl (C=O) groups is 1. The third-order valence-electron chi connectivity index (χ3n) is 6.43. The molecule has 0 saturated carbocycles. The minimum atomic E-state index is -0.508. The van der Waals surface area contributed by atoms with Gasteiger partial charge in [-0.1, -0.05) is 11.3 Å². The van der Waals surface area contributed by atoms with Crippen molar-refractivity contribution < 1.29 is 13.9 Å². The lowest BCUT2D eigenvalue weighted by molar-refractivity contribution is 0.0205. The number of fused-ring (bicyclic) bond motifs is 2. The number of ether oxygens (including phenoxy) is 1. The summed E-state index contributed by atoms with van der Waals surface area (Å²) in [7, 11) is 1.99. The molecule has 5 rings (SSSR count). The second-order valence-corrected chi connectivity index (χ2v) is 11.5. The van der Waals surface area contributed by atoms with Crippen molar-refractivity contribution in [3.8, 4) is 11.3 Å². The van der Waals surface area contributed by atoms with Crippen molar-refractivity contribution in [2.24, 2.45) is 0 Å². The molecule has 1 aliphatic heterocycles. The Morgan fingerprint density at radius 3 is 2.58 bits per heavy atom. The number of amides is 1. The number of carbonyl (C=O) groups excluding carboxylic acids is 1. The number of nitrogens with zero attached hydrogens (tertiary/aromatic N) is 6. The summed E-state index contributed by atoms with van der Waals surface area (Å²) >= 11 is 1.47. The first-order chi connectivity index (χ1) is 17.0. The monoisotopic (exact) mass is 510 g/mol. The van der Waals surface area contributed by atoms with Crippen molar-refractivity contribution in [1.82, 2.24) is 24.5 Å². The summed E-state index contributed by atoms with van der Waals surface area (Å²) in [5.74, 6) is -0.362. The molecular formula is C26H31FN6O2S. The Hall–Kier alpha value is -3.27. The number of piperidine rings is 1. The van der Waals surface area contributed by atoms with Gasteiger partial charge in [-0.2, -0.15) is 5.10 Å². The normalized spacial score (nSPS) is 15.1. The molecule has 0 bridgehead atoms. The Bertz CT molecular complexity index is 1450. The van der Waals surface area contributed by atoms with Crippen molar-refractivity contribution in [1.29, 1.82) is 0 Å². The van der Waals surface area contributed by atoms with E-state index in [0.717, 1.165) is 39.6 Å². The molecule has 1 aromatic carbocycles. The van der Waals surface area contributed by atoms with E-state index in [2.05, 4.69) is 20.0 Å². The summed E-state index contributed by atoms with van der Waals surface area (Å²) in [5, 5.41) is 5.42. The van der Waals surface area contributed by atoms with Gasteiger partial charge in [0.15, 0.2) is 16.6 Å². The summed E-state index contributed by atoms with van der Waals surface area (Å²) < 4.78 is 23.2. The van der Waals surface area contributed by atoms with E-state index in [0.29, 0.717) is 29.9 Å². The van der Waals surface area contributed by atoms with Crippen LogP contribution in [0, 0.1) is 19.7 Å². The van der Waals surface area contributed by atoms with Crippen molar-refractivity contribution >= 4 is 38.4 Å². The lowest BCUT2D eigenvalue weighted by atomic mass is 10.0. The predicted octanol–water partition coefficient (Wildman–Crippen LogP) is 5.60. The van der Waals surface area contributed by atoms with Gasteiger partial charge in [0.25, 0.3) is 0 Å². The van der Waals surface area contributed by atoms with Crippen LogP contribution in [-0.2, 0) is 4.74 Å². The minimum absolute atomic E-state index is 0.211. The van der Waals surface area contributed by atoms with Crippen LogP contribution in [0.15, 0.2) is 24.4 Å². The van der Waals surface area contributed by atoms with E-state index in [9.17, 15) is 4.79 Å². The average Bonchev–Trinajstić information content (AvgIpc) is 3.41. The van der Waals surface area contributed by atoms with Gasteiger partial charge < -0.3 is 14.5 Å². The van der Waals surface area contributed by atoms with Crippen LogP contribution < -0.4 is 4.90 Å². The van der Waals surface area contributed by atoms with Crippen molar-refractivity contribution in [2.75, 3.05) is 25.0 Å². The first kappa shape index (κ1) is 24.4. The summed E-state index contributed by atoms with van der Waals surface area (Å²) in [6.07, 6.45) is 3.19. The molecule has 4 heterocycles. The highest BCUT2D eigenvalue weighted by atomic mass is 32.1. The molecule has 190 valence electrons. The molecule has 3 aromatic heterocycles. The highest BCUT2D eigenvalue weighted by Gasteiger charge is 2.29. The van der Waals surface area contributed by atoms with Crippen molar-refractivity contribution in [3.05, 3.63) is 41.5 Å². The Balaban J connectivity index is 1.36. The van der Waals surface area contributed by atoms with Crippen LogP contribution in [0.5, 0.6) is 0 Å². The van der Waals surface area contributed by atoms with E-state index in [1.54, 1.807) is 9.42 Å². The molecule has 0 spiro atoms. The van der Waals surface area contributed by atoms with Crippen LogP contribution in [0.2, 0.25) is 0 Å². The zero-order valence-electron chi connectivity index (χ0n) is 21.5. The molecule has 0 radical (unpaired) electrons. The lowest BCUT2D eigenvalue weighted by Gasteiger charge is -2.37. The van der Waals surface area contributed by atoms with Gasteiger partial charge in [-0.25, -0.2) is 23.7 Å². The van der Waals surface area contributed by atoms with Gasteiger partial charge in [-0.3, -0.25) is 0 Å². The quantitative estimate of drug-likeness (QED) is 0.357. The van der Waals surface area contributed by atoms with Crippen LogP contribution in [0.25, 0.3) is 27.1 Å². The maximum absolute atomic E-state index is 15.2. The number of aryl methyl sites for hydroxylation is 2. The predicted molar refractivity (Wildman–Crippen MR) is 140 cm³/mol. The van der Waals surface area contributed by atoms with Gasteiger partial charge >= 0.3 is 6.09 Å². The summed E-state index contributed by atoms with van der Waals surface area (Å²) in [5.41, 5.74) is 3.93. The van der Waals surface area contributed by atoms with E-state index in [1.807, 2.05) is 60.0 Å². The number of thiazole rings is 1. The number of likely N-dealkylation sites (tertiary alicyclic amines) is 1. The zero-order valence-corrected chi connectivity index (χ0v) is 22.3. The standard InChI is InChI=1S/C26H31FN6O2S/c1-15-11-20(30-33-14-16(2)28-23(15)33)17-12-19(27)22-21(13-17)36-24(29-22)31(6)18-7-9-32(10-8-18)25(34)35-26(3,4)5/h11-14,18H,7-10H2,1-6H3. The van der Waals surface area contributed by atoms with Gasteiger partial charge in [-0.15, -0.1) is 0 Å². The second-order valence-electron chi connectivity index (χ2n) is 10.5. The Morgan fingerprint density at radius 2 is 1.89 bits per heavy atom. The molecule has 36 heavy (non-hydrogen) atoms. The first-order valence-corrected chi connectivity index (χ1v) is 12.9. The van der Waals surface area contributed by atoms with Gasteiger partial charge in [0.05, 0.1) is 22.3 Å². The highest BCUT2D eigenvalue weighted by Crippen LogP contribution is 2.35. The fourth-order valence-corrected chi connectivity index (χ4v) is 5.63. The molecule has 10 heteroatoms. The van der Waals surface area contributed by atoms with Gasteiger partial charge in [0.1, 0.15) is 11.1 Å². The number of rotatable bonds is 3. The topological polar surface area (TPSA) is 75.9 Å². The SMILES string of the molecule is Cc1cn2nc(-c3cc(F)c4nc(N(C)C5CCN(C(=O)OC(C)(C)C)CC5)sc4c3)cc(C)c2n1. The van der Waals surface area contributed by atoms with Crippen molar-refractivity contribution in [2.45, 2.75) is 59.1 Å². The largest absolute Gasteiger partial charge is 0.444 e. The third-order valence-corrected chi connectivity index (χ3v) is 7.52. The number of hydrogen-bond acceptors (Lipinski definition) is 7. The number of anilines is 1. The lowest BCUT2D eigenvalue weighted by Crippen LogP contribution is -2.47. The summed E-state index contributed by atoms with van der Waals surface area (Å²) in [6, 6.07) is 5.61. The van der Waals surface area contributed by atoms with Crippen LogP contribution in [-0.4, -0.2) is 62.4 Å². The molecule has 4 aromatic rings. The van der Waals surface area contributed by atoms with E-state index < -0.39 is 5.60 Å². The van der Waals surface area contributed by atoms with E-state index in [4.69, 9.17) is 4.74 Å². The summed E-state index contributed by atoms with van der Waals surface area (Å²) in [4.78, 5) is 25.4. The summed E-state index contributed by atoms with van der Waals surface area (Å²) in [6.45, 7) is 10.8. The van der Waals surface area contributed by atoms with Crippen molar-refractivity contribution in [3.63, 3.8) is 0 Å². The van der Waals surface area contributed by atoms with Crippen LogP contribution in [0.1, 0.15) is 44.9 Å². The Labute approximate surface area is 213 Å². The molecule has 0 aliphatic carbocycles. The molecule has 1 aliphatic rings. The number of aromatic nitrogens is 4. The first-order valence-electron chi connectivity index (χ1n) is 12.1. The number of hydrogen-bond donors (Lipinski definition) is 0. The second kappa shape index (κ2) is 8.99. The van der Waals surface area contributed by atoms with Gasteiger partial charge in [0.2, 0.25) is 0 Å². The molecule has 1 amide bonds. The number of imidazole rings is 1. The van der Waals surface area contributed by atoms with E-state index in [1.165, 1.54) is 17.4 Å².